The van der Waals surface area contributed by atoms with Crippen molar-refractivity contribution in [1.82, 2.24) is 10.6 Å². The zero-order chi connectivity index (χ0) is 26.3. The number of ether oxygens (including phenoxy) is 1. The van der Waals surface area contributed by atoms with Crippen LogP contribution in [0.25, 0.3) is 0 Å². The van der Waals surface area contributed by atoms with Crippen LogP contribution in [0.2, 0.25) is 0 Å². The van der Waals surface area contributed by atoms with Crippen molar-refractivity contribution in [3.8, 4) is 0 Å². The number of sulfone groups is 1. The highest BCUT2D eigenvalue weighted by atomic mass is 32.2. The first-order valence-electron chi connectivity index (χ1n) is 13.6. The number of carbonyl (C=O) groups excluding carboxylic acids is 1. The van der Waals surface area contributed by atoms with Crippen molar-refractivity contribution >= 4 is 22.0 Å². The van der Waals surface area contributed by atoms with Gasteiger partial charge in [-0.1, -0.05) is 26.7 Å². The third-order valence-electron chi connectivity index (χ3n) is 8.31. The van der Waals surface area contributed by atoms with Crippen molar-refractivity contribution in [3.05, 3.63) is 0 Å². The summed E-state index contributed by atoms with van der Waals surface area (Å²) < 4.78 is 44.4. The molecule has 0 aromatic rings. The van der Waals surface area contributed by atoms with Gasteiger partial charge >= 0.3 is 0 Å². The van der Waals surface area contributed by atoms with Gasteiger partial charge in [-0.05, 0) is 56.9 Å². The van der Waals surface area contributed by atoms with Crippen LogP contribution in [0.4, 0.5) is 4.39 Å². The van der Waals surface area contributed by atoms with E-state index in [0.29, 0.717) is 38.6 Å². The van der Waals surface area contributed by atoms with Crippen molar-refractivity contribution in [2.24, 2.45) is 27.8 Å². The summed E-state index contributed by atoms with van der Waals surface area (Å²) in [5, 5.41) is 6.40. The molecule has 0 radical (unpaired) electrons. The molecule has 208 valence electrons. The third kappa shape index (κ3) is 7.93. The van der Waals surface area contributed by atoms with E-state index in [1.807, 2.05) is 0 Å². The number of aliphatic imine (C=N–C) groups is 1. The van der Waals surface area contributed by atoms with Gasteiger partial charge in [-0.2, -0.15) is 0 Å². The molecule has 0 aromatic heterocycles. The second kappa shape index (κ2) is 13.1. The average Bonchev–Trinajstić information content (AvgIpc) is 2.82. The molecule has 6 atom stereocenters. The largest absolute Gasteiger partial charge is 0.373 e. The van der Waals surface area contributed by atoms with Crippen LogP contribution in [0.3, 0.4) is 0 Å². The average molecular weight is 532 g/mol. The van der Waals surface area contributed by atoms with Crippen LogP contribution >= 0.6 is 0 Å². The third-order valence-corrected chi connectivity index (χ3v) is 10.0. The zero-order valence-electron chi connectivity index (χ0n) is 21.8. The summed E-state index contributed by atoms with van der Waals surface area (Å²) in [7, 11) is -2.98. The molecule has 0 aliphatic carbocycles. The molecule has 36 heavy (non-hydrogen) atoms. The fourth-order valence-electron chi connectivity index (χ4n) is 6.07. The van der Waals surface area contributed by atoms with Gasteiger partial charge in [0.2, 0.25) is 5.91 Å². The lowest BCUT2D eigenvalue weighted by Crippen LogP contribution is -2.60. The fourth-order valence-corrected chi connectivity index (χ4v) is 7.52. The van der Waals surface area contributed by atoms with E-state index in [4.69, 9.17) is 16.2 Å². The Kier molecular flexibility index (Phi) is 10.7. The minimum atomic E-state index is -2.98. The van der Waals surface area contributed by atoms with E-state index in [0.717, 1.165) is 32.2 Å². The number of rotatable bonds is 9. The molecular formula is C25H46FN5O4S. The summed E-state index contributed by atoms with van der Waals surface area (Å²) in [6, 6.07) is -0.807. The monoisotopic (exact) mass is 531 g/mol. The number of carbonyl (C=O) groups is 1. The van der Waals surface area contributed by atoms with E-state index >= 15 is 0 Å². The summed E-state index contributed by atoms with van der Waals surface area (Å²) in [5.74, 6) is -0.818. The Morgan fingerprint density at radius 2 is 1.97 bits per heavy atom. The highest BCUT2D eigenvalue weighted by Crippen LogP contribution is 2.42. The van der Waals surface area contributed by atoms with Gasteiger partial charge in [0.15, 0.2) is 9.84 Å². The van der Waals surface area contributed by atoms with Gasteiger partial charge in [0, 0.05) is 12.8 Å². The molecule has 3 aliphatic rings. The van der Waals surface area contributed by atoms with Crippen LogP contribution in [0.1, 0.15) is 71.6 Å². The minimum absolute atomic E-state index is 0.103. The van der Waals surface area contributed by atoms with Crippen LogP contribution in [-0.2, 0) is 19.4 Å². The molecule has 11 heteroatoms. The van der Waals surface area contributed by atoms with E-state index in [-0.39, 0.29) is 41.1 Å². The molecule has 6 unspecified atom stereocenters. The van der Waals surface area contributed by atoms with Crippen LogP contribution in [0.15, 0.2) is 4.99 Å². The minimum Gasteiger partial charge on any atom is -0.373 e. The molecule has 2 saturated heterocycles. The molecule has 6 N–H and O–H groups in total. The number of hydrogen-bond acceptors (Lipinski definition) is 8. The smallest absolute Gasteiger partial charge is 0.228 e. The lowest BCUT2D eigenvalue weighted by Gasteiger charge is -2.40. The molecule has 2 fully saturated rings. The summed E-state index contributed by atoms with van der Waals surface area (Å²) in [6.07, 6.45) is 5.13. The molecule has 0 spiro atoms. The summed E-state index contributed by atoms with van der Waals surface area (Å²) >= 11 is 0. The quantitative estimate of drug-likeness (QED) is 0.329. The molecule has 9 nitrogen and oxygen atoms in total. The Morgan fingerprint density at radius 1 is 1.25 bits per heavy atom. The molecule has 1 amide bonds. The Balaban J connectivity index is 1.73. The number of halogens is 1. The number of piperidine rings is 1. The van der Waals surface area contributed by atoms with E-state index in [1.165, 1.54) is 6.21 Å². The Morgan fingerprint density at radius 3 is 2.61 bits per heavy atom. The molecule has 0 bridgehead atoms. The maximum absolute atomic E-state index is 14.5. The van der Waals surface area contributed by atoms with Crippen molar-refractivity contribution in [2.75, 3.05) is 24.6 Å². The number of nitrogens with one attached hydrogen (secondary N) is 2. The topological polar surface area (TPSA) is 149 Å². The van der Waals surface area contributed by atoms with Crippen LogP contribution in [-0.4, -0.2) is 81.8 Å². The van der Waals surface area contributed by atoms with Gasteiger partial charge in [0.25, 0.3) is 0 Å². The standard InChI is InChI=1S/C25H46FN5O4S/c1-3-9-25(4-2)10-5-17(26)15-30-19(14-25)22(23(27)28)24(32)31-20-16-29-11-6-21(20)35-18-7-12-36(33,34)13-8-18/h15,17-23,29H,3-14,16,27-28H2,1-2H3,(H,31,32). The van der Waals surface area contributed by atoms with Gasteiger partial charge in [-0.3, -0.25) is 9.79 Å². The zero-order valence-corrected chi connectivity index (χ0v) is 22.6. The number of nitrogens with zero attached hydrogens (tertiary/aromatic N) is 1. The van der Waals surface area contributed by atoms with Crippen molar-refractivity contribution in [1.29, 1.82) is 0 Å². The first-order chi connectivity index (χ1) is 17.1. The van der Waals surface area contributed by atoms with Gasteiger partial charge in [-0.15, -0.1) is 0 Å². The van der Waals surface area contributed by atoms with Crippen molar-refractivity contribution in [2.45, 2.75) is 108 Å². The van der Waals surface area contributed by atoms with Gasteiger partial charge < -0.3 is 26.8 Å². The van der Waals surface area contributed by atoms with Crippen molar-refractivity contribution < 1.29 is 22.3 Å². The van der Waals surface area contributed by atoms with Crippen LogP contribution in [0, 0.1) is 11.3 Å². The summed E-state index contributed by atoms with van der Waals surface area (Å²) in [4.78, 5) is 18.1. The second-order valence-corrected chi connectivity index (χ2v) is 13.3. The first kappa shape index (κ1) is 29.4. The predicted molar refractivity (Wildman–Crippen MR) is 140 cm³/mol. The molecule has 3 rings (SSSR count). The van der Waals surface area contributed by atoms with Gasteiger partial charge in [0.05, 0.1) is 47.9 Å². The second-order valence-electron chi connectivity index (χ2n) is 11.0. The van der Waals surface area contributed by atoms with E-state index in [2.05, 4.69) is 29.5 Å². The number of hydrogen-bond donors (Lipinski definition) is 4. The lowest BCUT2D eigenvalue weighted by atomic mass is 9.69. The Bertz CT molecular complexity index is 843. The molecule has 0 saturated carbocycles. The maximum atomic E-state index is 14.5. The van der Waals surface area contributed by atoms with Crippen LogP contribution in [0.5, 0.6) is 0 Å². The summed E-state index contributed by atoms with van der Waals surface area (Å²) in [5.41, 5.74) is 12.2. The molecule has 0 aromatic carbocycles. The molecule has 3 aliphatic heterocycles. The van der Waals surface area contributed by atoms with Crippen molar-refractivity contribution in [3.63, 3.8) is 0 Å². The number of alkyl halides is 1. The first-order valence-corrected chi connectivity index (χ1v) is 15.5. The maximum Gasteiger partial charge on any atom is 0.228 e. The SMILES string of the molecule is CCCC1(CC)CCC(F)C=NC(C(C(=O)NC2CNCCC2OC2CCS(=O)(=O)CC2)C(N)N)C1. The Labute approximate surface area is 215 Å². The van der Waals surface area contributed by atoms with E-state index < -0.39 is 34.1 Å². The van der Waals surface area contributed by atoms with E-state index in [1.54, 1.807) is 0 Å². The van der Waals surface area contributed by atoms with Crippen LogP contribution < -0.4 is 22.1 Å². The highest BCUT2D eigenvalue weighted by molar-refractivity contribution is 7.91. The highest BCUT2D eigenvalue weighted by Gasteiger charge is 2.41. The normalized spacial score (nSPS) is 34.6. The molecule has 3 heterocycles. The van der Waals surface area contributed by atoms with Gasteiger partial charge in [0.1, 0.15) is 6.17 Å². The molecular weight excluding hydrogens is 485 g/mol. The lowest BCUT2D eigenvalue weighted by molar-refractivity contribution is -0.130. The van der Waals surface area contributed by atoms with E-state index in [9.17, 15) is 17.6 Å². The fraction of sp³-hybridized carbons (Fsp3) is 0.920. The predicted octanol–water partition coefficient (Wildman–Crippen LogP) is 1.44. The number of amides is 1. The number of nitrogens with two attached hydrogens (primary N) is 2. The summed E-state index contributed by atoms with van der Waals surface area (Å²) in [6.45, 7) is 5.53. The Hall–Kier alpha value is -1.14. The van der Waals surface area contributed by atoms with Gasteiger partial charge in [-0.25, -0.2) is 12.8 Å².